The SMILES string of the molecule is O=C(Cn1c(=O)oc2ccccc21)NCC1CCN(Cc2cccc(Cl)c2)CC1. The highest BCUT2D eigenvalue weighted by atomic mass is 35.5. The number of nitrogens with zero attached hydrogens (tertiary/aromatic N) is 2. The Bertz CT molecular complexity index is 1050. The third-order valence-electron chi connectivity index (χ3n) is 5.47. The molecule has 0 radical (unpaired) electrons. The number of nitrogens with one attached hydrogen (secondary N) is 1. The molecule has 0 atom stereocenters. The fourth-order valence-electron chi connectivity index (χ4n) is 3.86. The number of aromatic nitrogens is 1. The number of carbonyl (C=O) groups excluding carboxylic acids is 1. The third kappa shape index (κ3) is 4.89. The molecule has 3 aromatic rings. The molecule has 6 nitrogen and oxygen atoms in total. The average molecular weight is 414 g/mol. The number of carbonyl (C=O) groups is 1. The first-order valence-electron chi connectivity index (χ1n) is 9.90. The summed E-state index contributed by atoms with van der Waals surface area (Å²) < 4.78 is 6.55. The molecule has 0 bridgehead atoms. The van der Waals surface area contributed by atoms with Crippen LogP contribution in [0.2, 0.25) is 5.02 Å². The Labute approximate surface area is 174 Å². The van der Waals surface area contributed by atoms with Crippen LogP contribution in [0.5, 0.6) is 0 Å². The number of oxazole rings is 1. The smallest absolute Gasteiger partial charge is 0.408 e. The van der Waals surface area contributed by atoms with Crippen molar-refractivity contribution in [2.45, 2.75) is 25.9 Å². The van der Waals surface area contributed by atoms with Crippen LogP contribution in [-0.2, 0) is 17.9 Å². The first-order chi connectivity index (χ1) is 14.1. The Kier molecular flexibility index (Phi) is 6.02. The molecule has 0 saturated carbocycles. The van der Waals surface area contributed by atoms with Gasteiger partial charge in [-0.25, -0.2) is 4.79 Å². The van der Waals surface area contributed by atoms with Gasteiger partial charge >= 0.3 is 5.76 Å². The summed E-state index contributed by atoms with van der Waals surface area (Å²) in [6, 6.07) is 15.1. The average Bonchev–Trinajstić information content (AvgIpc) is 3.03. The maximum absolute atomic E-state index is 12.4. The number of amides is 1. The molecule has 1 saturated heterocycles. The van der Waals surface area contributed by atoms with E-state index in [9.17, 15) is 9.59 Å². The van der Waals surface area contributed by atoms with Crippen LogP contribution >= 0.6 is 11.6 Å². The molecule has 152 valence electrons. The van der Waals surface area contributed by atoms with E-state index in [1.807, 2.05) is 24.3 Å². The number of hydrogen-bond donors (Lipinski definition) is 1. The highest BCUT2D eigenvalue weighted by Crippen LogP contribution is 2.20. The van der Waals surface area contributed by atoms with Crippen molar-refractivity contribution in [1.29, 1.82) is 0 Å². The van der Waals surface area contributed by atoms with E-state index in [0.717, 1.165) is 37.5 Å². The molecule has 2 aromatic carbocycles. The van der Waals surface area contributed by atoms with Gasteiger partial charge in [0, 0.05) is 18.1 Å². The van der Waals surface area contributed by atoms with Gasteiger partial charge in [0.1, 0.15) is 6.54 Å². The highest BCUT2D eigenvalue weighted by Gasteiger charge is 2.20. The molecule has 4 rings (SSSR count). The molecule has 29 heavy (non-hydrogen) atoms. The second-order valence-corrected chi connectivity index (χ2v) is 8.01. The Balaban J connectivity index is 1.24. The van der Waals surface area contributed by atoms with Crippen LogP contribution in [-0.4, -0.2) is 35.0 Å². The van der Waals surface area contributed by atoms with E-state index in [1.54, 1.807) is 18.2 Å². The number of para-hydroxylation sites is 2. The molecule has 1 aromatic heterocycles. The van der Waals surface area contributed by atoms with Crippen LogP contribution in [0.25, 0.3) is 11.1 Å². The van der Waals surface area contributed by atoms with Gasteiger partial charge in [0.25, 0.3) is 0 Å². The van der Waals surface area contributed by atoms with Crippen molar-refractivity contribution in [2.75, 3.05) is 19.6 Å². The number of benzene rings is 2. The molecule has 0 unspecified atom stereocenters. The van der Waals surface area contributed by atoms with Crippen LogP contribution in [0.4, 0.5) is 0 Å². The molecule has 1 N–H and O–H groups in total. The number of hydrogen-bond acceptors (Lipinski definition) is 4. The number of fused-ring (bicyclic) bond motifs is 1. The van der Waals surface area contributed by atoms with Gasteiger partial charge in [-0.3, -0.25) is 14.3 Å². The van der Waals surface area contributed by atoms with Gasteiger partial charge in [-0.15, -0.1) is 0 Å². The number of rotatable bonds is 6. The zero-order valence-corrected chi connectivity index (χ0v) is 16.9. The number of likely N-dealkylation sites (tertiary alicyclic amines) is 1. The maximum atomic E-state index is 12.4. The van der Waals surface area contributed by atoms with Gasteiger partial charge in [0.05, 0.1) is 5.52 Å². The number of halogens is 1. The van der Waals surface area contributed by atoms with E-state index < -0.39 is 5.76 Å². The molecule has 7 heteroatoms. The van der Waals surface area contributed by atoms with Gasteiger partial charge in [-0.2, -0.15) is 0 Å². The summed E-state index contributed by atoms with van der Waals surface area (Å²) in [5, 5.41) is 3.75. The maximum Gasteiger partial charge on any atom is 0.420 e. The minimum atomic E-state index is -0.504. The summed E-state index contributed by atoms with van der Waals surface area (Å²) in [4.78, 5) is 26.8. The molecule has 0 aliphatic carbocycles. The highest BCUT2D eigenvalue weighted by molar-refractivity contribution is 6.30. The molecule has 1 aliphatic rings. The first kappa shape index (κ1) is 19.7. The summed E-state index contributed by atoms with van der Waals surface area (Å²) in [7, 11) is 0. The predicted octanol–water partition coefficient (Wildman–Crippen LogP) is 3.28. The van der Waals surface area contributed by atoms with Crippen molar-refractivity contribution in [3.05, 3.63) is 69.7 Å². The third-order valence-corrected chi connectivity index (χ3v) is 5.70. The molecule has 1 aliphatic heterocycles. The van der Waals surface area contributed by atoms with Crippen molar-refractivity contribution in [3.8, 4) is 0 Å². The van der Waals surface area contributed by atoms with E-state index in [0.29, 0.717) is 23.6 Å². The molecular weight excluding hydrogens is 390 g/mol. The van der Waals surface area contributed by atoms with Crippen LogP contribution in [0, 0.1) is 5.92 Å². The lowest BCUT2D eigenvalue weighted by Crippen LogP contribution is -2.39. The van der Waals surface area contributed by atoms with E-state index in [4.69, 9.17) is 16.0 Å². The molecule has 0 spiro atoms. The number of piperidine rings is 1. The van der Waals surface area contributed by atoms with Gasteiger partial charge in [-0.05, 0) is 61.7 Å². The second kappa shape index (κ2) is 8.84. The Hall–Kier alpha value is -2.57. The molecule has 2 heterocycles. The molecule has 1 amide bonds. The lowest BCUT2D eigenvalue weighted by atomic mass is 9.96. The summed E-state index contributed by atoms with van der Waals surface area (Å²) in [6.45, 7) is 3.51. The summed E-state index contributed by atoms with van der Waals surface area (Å²) >= 11 is 6.06. The zero-order valence-electron chi connectivity index (χ0n) is 16.1. The van der Waals surface area contributed by atoms with Crippen molar-refractivity contribution in [2.24, 2.45) is 5.92 Å². The van der Waals surface area contributed by atoms with Gasteiger partial charge in [0.2, 0.25) is 5.91 Å². The largest absolute Gasteiger partial charge is 0.420 e. The normalized spacial score (nSPS) is 15.6. The van der Waals surface area contributed by atoms with Gasteiger partial charge in [0.15, 0.2) is 5.58 Å². The minimum Gasteiger partial charge on any atom is -0.408 e. The topological polar surface area (TPSA) is 67.5 Å². The first-order valence-corrected chi connectivity index (χ1v) is 10.3. The predicted molar refractivity (Wildman–Crippen MR) is 113 cm³/mol. The van der Waals surface area contributed by atoms with E-state index in [1.165, 1.54) is 10.1 Å². The minimum absolute atomic E-state index is 0.0243. The quantitative estimate of drug-likeness (QED) is 0.673. The lowest BCUT2D eigenvalue weighted by molar-refractivity contribution is -0.121. The van der Waals surface area contributed by atoms with Crippen LogP contribution < -0.4 is 11.1 Å². The Morgan fingerprint density at radius 3 is 2.72 bits per heavy atom. The van der Waals surface area contributed by atoms with Crippen LogP contribution in [0.1, 0.15) is 18.4 Å². The van der Waals surface area contributed by atoms with Crippen LogP contribution in [0.3, 0.4) is 0 Å². The summed E-state index contributed by atoms with van der Waals surface area (Å²) in [5.41, 5.74) is 2.36. The Morgan fingerprint density at radius 1 is 1.14 bits per heavy atom. The lowest BCUT2D eigenvalue weighted by Gasteiger charge is -2.32. The van der Waals surface area contributed by atoms with Crippen molar-refractivity contribution >= 4 is 28.6 Å². The summed E-state index contributed by atoms with van der Waals surface area (Å²) in [6.07, 6.45) is 2.07. The fourth-order valence-corrected chi connectivity index (χ4v) is 4.08. The standard InChI is InChI=1S/C22H24ClN3O3/c23-18-5-3-4-17(12-18)14-25-10-8-16(9-11-25)13-24-21(27)15-26-19-6-1-2-7-20(19)29-22(26)28/h1-7,12,16H,8-11,13-15H2,(H,24,27). The summed E-state index contributed by atoms with van der Waals surface area (Å²) in [5.74, 6) is -0.219. The van der Waals surface area contributed by atoms with Gasteiger partial charge in [-0.1, -0.05) is 35.9 Å². The van der Waals surface area contributed by atoms with Gasteiger partial charge < -0.3 is 9.73 Å². The van der Waals surface area contributed by atoms with E-state index >= 15 is 0 Å². The molecular formula is C22H24ClN3O3. The Morgan fingerprint density at radius 2 is 1.93 bits per heavy atom. The monoisotopic (exact) mass is 413 g/mol. The van der Waals surface area contributed by atoms with E-state index in [-0.39, 0.29) is 12.5 Å². The van der Waals surface area contributed by atoms with Crippen molar-refractivity contribution < 1.29 is 9.21 Å². The fraction of sp³-hybridized carbons (Fsp3) is 0.364. The van der Waals surface area contributed by atoms with Crippen molar-refractivity contribution in [1.82, 2.24) is 14.8 Å². The van der Waals surface area contributed by atoms with Crippen molar-refractivity contribution in [3.63, 3.8) is 0 Å². The molecule has 1 fully saturated rings. The second-order valence-electron chi connectivity index (χ2n) is 7.58. The van der Waals surface area contributed by atoms with E-state index in [2.05, 4.69) is 16.3 Å². The zero-order chi connectivity index (χ0) is 20.2. The van der Waals surface area contributed by atoms with Crippen LogP contribution in [0.15, 0.2) is 57.7 Å².